The van der Waals surface area contributed by atoms with Gasteiger partial charge < -0.3 is 5.32 Å². The predicted octanol–water partition coefficient (Wildman–Crippen LogP) is 5.31. The van der Waals surface area contributed by atoms with E-state index in [1.807, 2.05) is 56.3 Å². The van der Waals surface area contributed by atoms with Gasteiger partial charge in [0.2, 0.25) is 0 Å². The number of carbonyl (C=O) groups excluding carboxylic acids is 1. The second kappa shape index (κ2) is 6.72. The van der Waals surface area contributed by atoms with Crippen molar-refractivity contribution in [2.75, 3.05) is 5.32 Å². The van der Waals surface area contributed by atoms with Crippen molar-refractivity contribution in [3.05, 3.63) is 62.7 Å². The van der Waals surface area contributed by atoms with Crippen LogP contribution in [0.15, 0.2) is 42.5 Å². The largest absolute Gasteiger partial charge is 0.322 e. The van der Waals surface area contributed by atoms with Crippen LogP contribution in [0.1, 0.15) is 33.2 Å². The summed E-state index contributed by atoms with van der Waals surface area (Å²) in [6.07, 6.45) is 0. The summed E-state index contributed by atoms with van der Waals surface area (Å²) in [6.45, 7) is 4.05. The Hall–Kier alpha value is -0.880. The van der Waals surface area contributed by atoms with Gasteiger partial charge in [-0.2, -0.15) is 0 Å². The SMILES string of the molecule is Cc1cccc(C(=O)Nc2ccccc2C(C)Br)c1I. The maximum absolute atomic E-state index is 12.4. The van der Waals surface area contributed by atoms with Gasteiger partial charge in [-0.1, -0.05) is 46.3 Å². The van der Waals surface area contributed by atoms with Crippen molar-refractivity contribution in [2.24, 2.45) is 0 Å². The summed E-state index contributed by atoms with van der Waals surface area (Å²) >= 11 is 5.77. The number of halogens is 2. The molecule has 2 nitrogen and oxygen atoms in total. The van der Waals surface area contributed by atoms with Crippen LogP contribution in [0.2, 0.25) is 0 Å². The number of carbonyl (C=O) groups is 1. The van der Waals surface area contributed by atoms with Crippen LogP contribution in [0.3, 0.4) is 0 Å². The number of rotatable bonds is 3. The molecule has 0 radical (unpaired) electrons. The predicted molar refractivity (Wildman–Crippen MR) is 95.6 cm³/mol. The van der Waals surface area contributed by atoms with Crippen LogP contribution in [-0.2, 0) is 0 Å². The quantitative estimate of drug-likeness (QED) is 0.505. The molecular weight excluding hydrogens is 429 g/mol. The van der Waals surface area contributed by atoms with E-state index < -0.39 is 0 Å². The van der Waals surface area contributed by atoms with Gasteiger partial charge in [0, 0.05) is 14.1 Å². The molecule has 0 bridgehead atoms. The lowest BCUT2D eigenvalue weighted by Gasteiger charge is -2.13. The van der Waals surface area contributed by atoms with Crippen molar-refractivity contribution in [2.45, 2.75) is 18.7 Å². The van der Waals surface area contributed by atoms with Crippen LogP contribution in [0, 0.1) is 10.5 Å². The Morgan fingerprint density at radius 3 is 2.60 bits per heavy atom. The van der Waals surface area contributed by atoms with Gasteiger partial charge >= 0.3 is 0 Å². The van der Waals surface area contributed by atoms with Gasteiger partial charge in [0.15, 0.2) is 0 Å². The van der Waals surface area contributed by atoms with E-state index in [0.29, 0.717) is 5.56 Å². The Kier molecular flexibility index (Phi) is 5.21. The summed E-state index contributed by atoms with van der Waals surface area (Å²) in [5, 5.41) is 3.00. The molecule has 0 saturated heterocycles. The molecular formula is C16H15BrINO. The van der Waals surface area contributed by atoms with Gasteiger partial charge in [-0.15, -0.1) is 0 Å². The van der Waals surface area contributed by atoms with Crippen molar-refractivity contribution in [3.63, 3.8) is 0 Å². The standard InChI is InChI=1S/C16H15BrINO/c1-10-6-5-8-13(15(10)18)16(20)19-14-9-4-3-7-12(14)11(2)17/h3-9,11H,1-2H3,(H,19,20). The number of aryl methyl sites for hydroxylation is 1. The molecule has 0 aromatic heterocycles. The number of benzene rings is 2. The molecule has 1 unspecified atom stereocenters. The van der Waals surface area contributed by atoms with Crippen molar-refractivity contribution in [3.8, 4) is 0 Å². The number of hydrogen-bond acceptors (Lipinski definition) is 1. The number of alkyl halides is 1. The van der Waals surface area contributed by atoms with Crippen LogP contribution in [0.4, 0.5) is 5.69 Å². The monoisotopic (exact) mass is 443 g/mol. The van der Waals surface area contributed by atoms with Gasteiger partial charge in [0.05, 0.1) is 5.56 Å². The molecule has 0 aliphatic rings. The fourth-order valence-corrected chi connectivity index (χ4v) is 2.97. The second-order valence-corrected chi connectivity index (χ2v) is 7.05. The highest BCUT2D eigenvalue weighted by Gasteiger charge is 2.14. The number of para-hydroxylation sites is 1. The van der Waals surface area contributed by atoms with E-state index in [4.69, 9.17) is 0 Å². The van der Waals surface area contributed by atoms with Gasteiger partial charge in [-0.05, 0) is 59.7 Å². The molecule has 1 amide bonds. The molecule has 4 heteroatoms. The Morgan fingerprint density at radius 2 is 1.90 bits per heavy atom. The Bertz CT molecular complexity index is 640. The second-order valence-electron chi connectivity index (χ2n) is 4.59. The number of anilines is 1. The van der Waals surface area contributed by atoms with E-state index in [-0.39, 0.29) is 10.7 Å². The molecule has 0 fully saturated rings. The molecule has 2 aromatic rings. The molecule has 2 rings (SSSR count). The van der Waals surface area contributed by atoms with E-state index in [2.05, 4.69) is 43.8 Å². The average Bonchev–Trinajstić information content (AvgIpc) is 2.42. The lowest BCUT2D eigenvalue weighted by molar-refractivity contribution is 0.102. The first-order chi connectivity index (χ1) is 9.50. The zero-order chi connectivity index (χ0) is 14.7. The molecule has 0 heterocycles. The minimum absolute atomic E-state index is 0.0706. The first-order valence-electron chi connectivity index (χ1n) is 6.30. The molecule has 1 N–H and O–H groups in total. The van der Waals surface area contributed by atoms with Crippen molar-refractivity contribution < 1.29 is 4.79 Å². The first-order valence-corrected chi connectivity index (χ1v) is 8.29. The van der Waals surface area contributed by atoms with E-state index >= 15 is 0 Å². The third-order valence-electron chi connectivity index (χ3n) is 3.07. The summed E-state index contributed by atoms with van der Waals surface area (Å²) in [6, 6.07) is 13.6. The van der Waals surface area contributed by atoms with Gasteiger partial charge in [-0.3, -0.25) is 4.79 Å². The van der Waals surface area contributed by atoms with Crippen LogP contribution < -0.4 is 5.32 Å². The Balaban J connectivity index is 2.31. The van der Waals surface area contributed by atoms with Crippen LogP contribution >= 0.6 is 38.5 Å². The third-order valence-corrected chi connectivity index (χ3v) is 5.00. The summed E-state index contributed by atoms with van der Waals surface area (Å²) in [5.41, 5.74) is 3.74. The third kappa shape index (κ3) is 3.41. The Labute approximate surface area is 141 Å². The number of amides is 1. The lowest BCUT2D eigenvalue weighted by atomic mass is 10.1. The normalized spacial score (nSPS) is 12.0. The summed E-state index contributed by atoms with van der Waals surface area (Å²) in [5.74, 6) is -0.0706. The maximum atomic E-state index is 12.4. The Morgan fingerprint density at radius 1 is 1.20 bits per heavy atom. The van der Waals surface area contributed by atoms with E-state index in [0.717, 1.165) is 20.4 Å². The van der Waals surface area contributed by atoms with Gasteiger partial charge in [0.1, 0.15) is 0 Å². The highest BCUT2D eigenvalue weighted by atomic mass is 127. The van der Waals surface area contributed by atoms with Crippen LogP contribution in [0.5, 0.6) is 0 Å². The fraction of sp³-hybridized carbons (Fsp3) is 0.188. The van der Waals surface area contributed by atoms with Crippen molar-refractivity contribution in [1.29, 1.82) is 0 Å². The molecule has 20 heavy (non-hydrogen) atoms. The lowest BCUT2D eigenvalue weighted by Crippen LogP contribution is -2.15. The zero-order valence-corrected chi connectivity index (χ0v) is 15.0. The summed E-state index contributed by atoms with van der Waals surface area (Å²) in [7, 11) is 0. The molecule has 0 aliphatic carbocycles. The van der Waals surface area contributed by atoms with Gasteiger partial charge in [-0.25, -0.2) is 0 Å². The highest BCUT2D eigenvalue weighted by molar-refractivity contribution is 14.1. The summed E-state index contributed by atoms with van der Waals surface area (Å²) in [4.78, 5) is 12.6. The highest BCUT2D eigenvalue weighted by Crippen LogP contribution is 2.29. The topological polar surface area (TPSA) is 29.1 Å². The van der Waals surface area contributed by atoms with E-state index in [1.165, 1.54) is 0 Å². The smallest absolute Gasteiger partial charge is 0.256 e. The minimum Gasteiger partial charge on any atom is -0.322 e. The fourth-order valence-electron chi connectivity index (χ4n) is 1.97. The van der Waals surface area contributed by atoms with Crippen LogP contribution in [-0.4, -0.2) is 5.91 Å². The summed E-state index contributed by atoms with van der Waals surface area (Å²) < 4.78 is 0.993. The number of nitrogens with one attached hydrogen (secondary N) is 1. The zero-order valence-electron chi connectivity index (χ0n) is 11.3. The molecule has 0 saturated carbocycles. The van der Waals surface area contributed by atoms with E-state index in [9.17, 15) is 4.79 Å². The van der Waals surface area contributed by atoms with Crippen LogP contribution in [0.25, 0.3) is 0 Å². The van der Waals surface area contributed by atoms with E-state index in [1.54, 1.807) is 0 Å². The maximum Gasteiger partial charge on any atom is 0.256 e. The molecule has 2 aromatic carbocycles. The van der Waals surface area contributed by atoms with Crippen molar-refractivity contribution >= 4 is 50.1 Å². The molecule has 0 aliphatic heterocycles. The number of hydrogen-bond donors (Lipinski definition) is 1. The average molecular weight is 444 g/mol. The molecule has 1 atom stereocenters. The minimum atomic E-state index is -0.0706. The van der Waals surface area contributed by atoms with Gasteiger partial charge in [0.25, 0.3) is 5.91 Å². The first kappa shape index (κ1) is 15.5. The van der Waals surface area contributed by atoms with Crippen molar-refractivity contribution in [1.82, 2.24) is 0 Å². The molecule has 0 spiro atoms. The molecule has 104 valence electrons.